The van der Waals surface area contributed by atoms with Crippen molar-refractivity contribution in [1.29, 1.82) is 0 Å². The Labute approximate surface area is 123 Å². The fourth-order valence-corrected chi connectivity index (χ4v) is 4.72. The van der Waals surface area contributed by atoms with E-state index in [-0.39, 0.29) is 0 Å². The Morgan fingerprint density at radius 1 is 1.19 bits per heavy atom. The Balaban J connectivity index is 1.57. The topological polar surface area (TPSA) is 80.9 Å². The summed E-state index contributed by atoms with van der Waals surface area (Å²) in [5.41, 5.74) is -0.649. The van der Waals surface area contributed by atoms with Gasteiger partial charge < -0.3 is 5.11 Å². The normalized spacial score (nSPS) is 33.6. The second-order valence-corrected chi connectivity index (χ2v) is 7.13. The summed E-state index contributed by atoms with van der Waals surface area (Å²) in [6.45, 7) is 0.445. The highest BCUT2D eigenvalue weighted by Gasteiger charge is 2.54. The van der Waals surface area contributed by atoms with E-state index in [9.17, 15) is 9.90 Å². The molecule has 1 aromatic heterocycles. The molecule has 2 unspecified atom stereocenters. The van der Waals surface area contributed by atoms with Crippen molar-refractivity contribution in [2.24, 2.45) is 17.3 Å². The number of aromatic nitrogens is 4. The fraction of sp³-hybridized carbons (Fsp3) is 0.867. The lowest BCUT2D eigenvalue weighted by molar-refractivity contribution is -0.149. The molecule has 3 aliphatic rings. The molecule has 0 saturated heterocycles. The van der Waals surface area contributed by atoms with E-state index in [4.69, 9.17) is 0 Å². The van der Waals surface area contributed by atoms with E-state index in [1.807, 2.05) is 4.68 Å². The van der Waals surface area contributed by atoms with Gasteiger partial charge in [0.2, 0.25) is 0 Å². The first-order valence-corrected chi connectivity index (χ1v) is 8.21. The third kappa shape index (κ3) is 2.07. The lowest BCUT2D eigenvalue weighted by Crippen LogP contribution is -2.33. The summed E-state index contributed by atoms with van der Waals surface area (Å²) in [4.78, 5) is 11.7. The van der Waals surface area contributed by atoms with Gasteiger partial charge in [-0.3, -0.25) is 4.79 Å². The molecular weight excluding hydrogens is 268 g/mol. The maximum Gasteiger partial charge on any atom is 0.311 e. The number of fused-ring (bicyclic) bond motifs is 1. The number of hydrogen-bond donors (Lipinski definition) is 1. The smallest absolute Gasteiger partial charge is 0.311 e. The zero-order valence-electron chi connectivity index (χ0n) is 12.2. The molecule has 0 radical (unpaired) electrons. The zero-order chi connectivity index (χ0) is 14.4. The monoisotopic (exact) mass is 290 g/mol. The fourth-order valence-electron chi connectivity index (χ4n) is 4.72. The molecule has 6 heteroatoms. The molecule has 3 aliphatic carbocycles. The summed E-state index contributed by atoms with van der Waals surface area (Å²) in [7, 11) is 0. The van der Waals surface area contributed by atoms with Crippen LogP contribution in [-0.2, 0) is 11.3 Å². The van der Waals surface area contributed by atoms with Crippen molar-refractivity contribution in [3.63, 3.8) is 0 Å². The third-order valence-corrected chi connectivity index (χ3v) is 5.98. The van der Waals surface area contributed by atoms with Crippen molar-refractivity contribution in [2.75, 3.05) is 0 Å². The number of nitrogens with zero attached hydrogens (tertiary/aromatic N) is 4. The maximum absolute atomic E-state index is 11.7. The van der Waals surface area contributed by atoms with Crippen molar-refractivity contribution in [1.82, 2.24) is 20.2 Å². The van der Waals surface area contributed by atoms with Crippen LogP contribution in [0.1, 0.15) is 63.1 Å². The average molecular weight is 290 g/mol. The number of carboxylic acid groups (broad SMARTS) is 1. The van der Waals surface area contributed by atoms with Crippen LogP contribution in [0.25, 0.3) is 0 Å². The van der Waals surface area contributed by atoms with E-state index in [2.05, 4.69) is 15.5 Å². The summed E-state index contributed by atoms with van der Waals surface area (Å²) in [5, 5.41) is 21.8. The molecule has 1 aromatic rings. The number of carboxylic acids is 1. The van der Waals surface area contributed by atoms with Crippen LogP contribution < -0.4 is 0 Å². The van der Waals surface area contributed by atoms with E-state index in [0.29, 0.717) is 12.5 Å². The van der Waals surface area contributed by atoms with Crippen LogP contribution in [-0.4, -0.2) is 31.3 Å². The number of rotatable bonds is 4. The average Bonchev–Trinajstić information content (AvgIpc) is 2.85. The summed E-state index contributed by atoms with van der Waals surface area (Å²) in [6.07, 6.45) is 8.70. The zero-order valence-corrected chi connectivity index (χ0v) is 12.2. The summed E-state index contributed by atoms with van der Waals surface area (Å²) in [6, 6.07) is 0. The van der Waals surface area contributed by atoms with Crippen molar-refractivity contribution in [3.05, 3.63) is 5.82 Å². The largest absolute Gasteiger partial charge is 0.481 e. The van der Waals surface area contributed by atoms with Crippen LogP contribution in [0.15, 0.2) is 0 Å². The van der Waals surface area contributed by atoms with Gasteiger partial charge in [-0.1, -0.05) is 25.7 Å². The van der Waals surface area contributed by atoms with Gasteiger partial charge in [0.25, 0.3) is 0 Å². The Morgan fingerprint density at radius 2 is 1.86 bits per heavy atom. The van der Waals surface area contributed by atoms with E-state index < -0.39 is 11.4 Å². The summed E-state index contributed by atoms with van der Waals surface area (Å²) in [5.74, 6) is 2.23. The number of carbonyl (C=O) groups is 1. The highest BCUT2D eigenvalue weighted by molar-refractivity contribution is 5.74. The van der Waals surface area contributed by atoms with Gasteiger partial charge in [-0.05, 0) is 47.9 Å². The van der Waals surface area contributed by atoms with Crippen LogP contribution in [0.5, 0.6) is 0 Å². The standard InChI is InChI=1S/C15H22N4O2/c20-14(21)15(7-3-4-8-15)9-19-13(16-17-18-19)12-10-5-1-2-6-11(10)12/h10-12H,1-9H2,(H,20,21). The maximum atomic E-state index is 11.7. The molecule has 21 heavy (non-hydrogen) atoms. The van der Waals surface area contributed by atoms with E-state index in [1.54, 1.807) is 0 Å². The molecule has 3 fully saturated rings. The Kier molecular flexibility index (Phi) is 3.01. The Bertz CT molecular complexity index is 538. The third-order valence-electron chi connectivity index (χ3n) is 5.98. The minimum atomic E-state index is -0.685. The Morgan fingerprint density at radius 3 is 2.48 bits per heavy atom. The number of tetrazole rings is 1. The molecule has 1 N–H and O–H groups in total. The highest BCUT2D eigenvalue weighted by Crippen LogP contribution is 2.60. The van der Waals surface area contributed by atoms with Gasteiger partial charge in [0.05, 0.1) is 12.0 Å². The second kappa shape index (κ2) is 4.78. The van der Waals surface area contributed by atoms with Crippen molar-refractivity contribution in [2.45, 2.75) is 63.8 Å². The lowest BCUT2D eigenvalue weighted by Gasteiger charge is -2.23. The molecular formula is C15H22N4O2. The second-order valence-electron chi connectivity index (χ2n) is 7.13. The van der Waals surface area contributed by atoms with Gasteiger partial charge in [0, 0.05) is 5.92 Å². The van der Waals surface area contributed by atoms with E-state index in [1.165, 1.54) is 25.7 Å². The predicted molar refractivity (Wildman–Crippen MR) is 74.5 cm³/mol. The van der Waals surface area contributed by atoms with E-state index >= 15 is 0 Å². The van der Waals surface area contributed by atoms with Gasteiger partial charge in [0.1, 0.15) is 0 Å². The van der Waals surface area contributed by atoms with Crippen molar-refractivity contribution < 1.29 is 9.90 Å². The first kappa shape index (κ1) is 13.2. The van der Waals surface area contributed by atoms with Gasteiger partial charge in [-0.2, -0.15) is 0 Å². The minimum absolute atomic E-state index is 0.445. The van der Waals surface area contributed by atoms with Crippen LogP contribution in [0.3, 0.4) is 0 Å². The first-order chi connectivity index (χ1) is 10.2. The van der Waals surface area contributed by atoms with Gasteiger partial charge >= 0.3 is 5.97 Å². The van der Waals surface area contributed by atoms with Gasteiger partial charge in [-0.15, -0.1) is 5.10 Å². The molecule has 0 aliphatic heterocycles. The van der Waals surface area contributed by atoms with E-state index in [0.717, 1.165) is 43.3 Å². The summed E-state index contributed by atoms with van der Waals surface area (Å²) >= 11 is 0. The van der Waals surface area contributed by atoms with Gasteiger partial charge in [0.15, 0.2) is 5.82 Å². The number of hydrogen-bond acceptors (Lipinski definition) is 4. The molecule has 0 amide bonds. The predicted octanol–water partition coefficient (Wildman–Crippen LogP) is 2.22. The molecule has 0 aromatic carbocycles. The molecule has 3 saturated carbocycles. The molecule has 0 bridgehead atoms. The molecule has 1 heterocycles. The van der Waals surface area contributed by atoms with Crippen LogP contribution in [0, 0.1) is 17.3 Å². The van der Waals surface area contributed by atoms with Crippen LogP contribution in [0.4, 0.5) is 0 Å². The minimum Gasteiger partial charge on any atom is -0.481 e. The molecule has 4 rings (SSSR count). The first-order valence-electron chi connectivity index (χ1n) is 8.21. The molecule has 2 atom stereocenters. The quantitative estimate of drug-likeness (QED) is 0.919. The van der Waals surface area contributed by atoms with Crippen LogP contribution >= 0.6 is 0 Å². The Hall–Kier alpha value is -1.46. The molecule has 0 spiro atoms. The SMILES string of the molecule is O=C(O)C1(Cn2nnnc2C2C3CCCCC32)CCCC1. The molecule has 6 nitrogen and oxygen atoms in total. The van der Waals surface area contributed by atoms with Crippen molar-refractivity contribution >= 4 is 5.97 Å². The molecule has 114 valence electrons. The van der Waals surface area contributed by atoms with Crippen LogP contribution in [0.2, 0.25) is 0 Å². The lowest BCUT2D eigenvalue weighted by atomic mass is 9.86. The van der Waals surface area contributed by atoms with Crippen molar-refractivity contribution in [3.8, 4) is 0 Å². The number of aliphatic carboxylic acids is 1. The van der Waals surface area contributed by atoms with Gasteiger partial charge in [-0.25, -0.2) is 4.68 Å². The summed E-state index contributed by atoms with van der Waals surface area (Å²) < 4.78 is 1.81. The highest BCUT2D eigenvalue weighted by atomic mass is 16.4.